The minimum atomic E-state index is -0.487. The number of carbonyl (C=O) groups is 2. The Hall–Kier alpha value is -1.30. The van der Waals surface area contributed by atoms with Gasteiger partial charge in [0.25, 0.3) is 0 Å². The molecule has 1 fully saturated rings. The molecule has 0 aromatic carbocycles. The minimum absolute atomic E-state index is 0.174. The van der Waals surface area contributed by atoms with Crippen molar-refractivity contribution in [1.29, 1.82) is 0 Å². The summed E-state index contributed by atoms with van der Waals surface area (Å²) in [5.41, 5.74) is 5.22. The molecule has 1 saturated heterocycles. The number of nitrogens with two attached hydrogens (primary N) is 1. The number of esters is 1. The smallest absolute Gasteiger partial charge is 0.410 e. The first-order valence-electron chi connectivity index (χ1n) is 7.63. The van der Waals surface area contributed by atoms with Crippen LogP contribution in [0.15, 0.2) is 0 Å². The van der Waals surface area contributed by atoms with Crippen LogP contribution in [0.2, 0.25) is 0 Å². The normalized spacial score (nSPS) is 18.2. The molecule has 0 bridgehead atoms. The van der Waals surface area contributed by atoms with E-state index in [4.69, 9.17) is 15.2 Å². The van der Waals surface area contributed by atoms with Gasteiger partial charge < -0.3 is 20.1 Å². The second-order valence-corrected chi connectivity index (χ2v) is 6.40. The van der Waals surface area contributed by atoms with E-state index in [1.165, 1.54) is 0 Å². The van der Waals surface area contributed by atoms with Crippen molar-refractivity contribution in [3.8, 4) is 0 Å². The standard InChI is InChI=1S/C15H28N2O4/c1-5-20-13(18)12(10-16)11-6-8-17(9-7-11)14(19)21-15(2,3)4/h11-12H,5-10,16H2,1-4H3. The highest BCUT2D eigenvalue weighted by Crippen LogP contribution is 2.26. The Morgan fingerprint density at radius 1 is 1.29 bits per heavy atom. The van der Waals surface area contributed by atoms with Crippen LogP contribution in [-0.4, -0.2) is 48.8 Å². The fourth-order valence-corrected chi connectivity index (χ4v) is 2.54. The van der Waals surface area contributed by atoms with Crippen molar-refractivity contribution in [1.82, 2.24) is 4.90 Å². The van der Waals surface area contributed by atoms with Crippen LogP contribution in [0.3, 0.4) is 0 Å². The fraction of sp³-hybridized carbons (Fsp3) is 0.867. The van der Waals surface area contributed by atoms with Crippen LogP contribution in [0.25, 0.3) is 0 Å². The average molecular weight is 300 g/mol. The maximum absolute atomic E-state index is 12.0. The molecule has 1 unspecified atom stereocenters. The van der Waals surface area contributed by atoms with Crippen molar-refractivity contribution in [3.63, 3.8) is 0 Å². The molecule has 0 saturated carbocycles. The van der Waals surface area contributed by atoms with Gasteiger partial charge in [-0.1, -0.05) is 0 Å². The Morgan fingerprint density at radius 2 is 1.86 bits per heavy atom. The maximum atomic E-state index is 12.0. The molecular formula is C15H28N2O4. The Balaban J connectivity index is 2.51. The zero-order chi connectivity index (χ0) is 16.0. The molecule has 0 radical (unpaired) electrons. The molecule has 0 aromatic rings. The number of hydrogen-bond donors (Lipinski definition) is 1. The number of rotatable bonds is 4. The van der Waals surface area contributed by atoms with Gasteiger partial charge in [-0.05, 0) is 46.5 Å². The first-order chi connectivity index (χ1) is 9.78. The van der Waals surface area contributed by atoms with Crippen molar-refractivity contribution in [2.24, 2.45) is 17.6 Å². The van der Waals surface area contributed by atoms with Gasteiger partial charge in [0.1, 0.15) is 5.60 Å². The molecule has 0 spiro atoms. The molecule has 1 atom stereocenters. The molecular weight excluding hydrogens is 272 g/mol. The zero-order valence-corrected chi connectivity index (χ0v) is 13.6. The Kier molecular flexibility index (Phi) is 6.45. The number of hydrogen-bond acceptors (Lipinski definition) is 5. The van der Waals surface area contributed by atoms with Crippen molar-refractivity contribution in [2.75, 3.05) is 26.2 Å². The Morgan fingerprint density at radius 3 is 2.29 bits per heavy atom. The van der Waals surface area contributed by atoms with Gasteiger partial charge in [-0.2, -0.15) is 0 Å². The van der Waals surface area contributed by atoms with E-state index >= 15 is 0 Å². The van der Waals surface area contributed by atoms with E-state index in [0.717, 1.165) is 12.8 Å². The van der Waals surface area contributed by atoms with Crippen LogP contribution in [0, 0.1) is 11.8 Å². The van der Waals surface area contributed by atoms with Gasteiger partial charge >= 0.3 is 12.1 Å². The first-order valence-corrected chi connectivity index (χ1v) is 7.63. The molecule has 0 aromatic heterocycles. The molecule has 122 valence electrons. The van der Waals surface area contributed by atoms with E-state index in [-0.39, 0.29) is 30.4 Å². The third kappa shape index (κ3) is 5.53. The number of carbonyl (C=O) groups excluding carboxylic acids is 2. The van der Waals surface area contributed by atoms with E-state index in [0.29, 0.717) is 19.7 Å². The quantitative estimate of drug-likeness (QED) is 0.800. The summed E-state index contributed by atoms with van der Waals surface area (Å²) >= 11 is 0. The largest absolute Gasteiger partial charge is 0.466 e. The van der Waals surface area contributed by atoms with E-state index in [9.17, 15) is 9.59 Å². The molecule has 1 heterocycles. The van der Waals surface area contributed by atoms with Crippen molar-refractivity contribution in [3.05, 3.63) is 0 Å². The topological polar surface area (TPSA) is 81.9 Å². The number of piperidine rings is 1. The molecule has 1 aliphatic heterocycles. The average Bonchev–Trinajstić information content (AvgIpc) is 2.38. The molecule has 1 amide bonds. The van der Waals surface area contributed by atoms with Crippen LogP contribution >= 0.6 is 0 Å². The summed E-state index contributed by atoms with van der Waals surface area (Å²) in [6, 6.07) is 0. The summed E-state index contributed by atoms with van der Waals surface area (Å²) in [6.45, 7) is 9.18. The highest BCUT2D eigenvalue weighted by Gasteiger charge is 2.33. The monoisotopic (exact) mass is 300 g/mol. The van der Waals surface area contributed by atoms with Crippen molar-refractivity contribution >= 4 is 12.1 Å². The van der Waals surface area contributed by atoms with Crippen LogP contribution in [0.1, 0.15) is 40.5 Å². The van der Waals surface area contributed by atoms with Crippen LogP contribution < -0.4 is 5.73 Å². The summed E-state index contributed by atoms with van der Waals surface area (Å²) in [5, 5.41) is 0. The number of nitrogens with zero attached hydrogens (tertiary/aromatic N) is 1. The molecule has 6 nitrogen and oxygen atoms in total. The zero-order valence-electron chi connectivity index (χ0n) is 13.6. The van der Waals surface area contributed by atoms with Gasteiger partial charge in [0.15, 0.2) is 0 Å². The molecule has 1 rings (SSSR count). The Bertz CT molecular complexity index is 357. The van der Waals surface area contributed by atoms with Crippen molar-refractivity contribution < 1.29 is 19.1 Å². The highest BCUT2D eigenvalue weighted by atomic mass is 16.6. The molecule has 1 aliphatic rings. The van der Waals surface area contributed by atoms with Crippen molar-refractivity contribution in [2.45, 2.75) is 46.1 Å². The maximum Gasteiger partial charge on any atom is 0.410 e. The van der Waals surface area contributed by atoms with E-state index in [1.807, 2.05) is 20.8 Å². The fourth-order valence-electron chi connectivity index (χ4n) is 2.54. The highest BCUT2D eigenvalue weighted by molar-refractivity contribution is 5.73. The van der Waals surface area contributed by atoms with Crippen LogP contribution in [-0.2, 0) is 14.3 Å². The first kappa shape index (κ1) is 17.8. The minimum Gasteiger partial charge on any atom is -0.466 e. The predicted molar refractivity (Wildman–Crippen MR) is 79.7 cm³/mol. The second-order valence-electron chi connectivity index (χ2n) is 6.40. The van der Waals surface area contributed by atoms with Gasteiger partial charge in [-0.15, -0.1) is 0 Å². The third-order valence-corrected chi connectivity index (χ3v) is 3.60. The summed E-state index contributed by atoms with van der Waals surface area (Å²) in [4.78, 5) is 25.5. The summed E-state index contributed by atoms with van der Waals surface area (Å²) in [6.07, 6.45) is 1.21. The number of likely N-dealkylation sites (tertiary alicyclic amines) is 1. The van der Waals surface area contributed by atoms with Gasteiger partial charge in [-0.25, -0.2) is 4.79 Å². The number of amides is 1. The third-order valence-electron chi connectivity index (χ3n) is 3.60. The molecule has 0 aliphatic carbocycles. The second kappa shape index (κ2) is 7.64. The predicted octanol–water partition coefficient (Wildman–Crippen LogP) is 1.77. The van der Waals surface area contributed by atoms with Crippen LogP contribution in [0.4, 0.5) is 4.79 Å². The van der Waals surface area contributed by atoms with Crippen LogP contribution in [0.5, 0.6) is 0 Å². The molecule has 2 N–H and O–H groups in total. The van der Waals surface area contributed by atoms with E-state index in [2.05, 4.69) is 0 Å². The summed E-state index contributed by atoms with van der Waals surface area (Å²) < 4.78 is 10.4. The summed E-state index contributed by atoms with van der Waals surface area (Å²) in [7, 11) is 0. The summed E-state index contributed by atoms with van der Waals surface area (Å²) in [5.74, 6) is -0.325. The lowest BCUT2D eigenvalue weighted by Crippen LogP contribution is -2.45. The molecule has 21 heavy (non-hydrogen) atoms. The Labute approximate surface area is 126 Å². The lowest BCUT2D eigenvalue weighted by atomic mass is 9.84. The van der Waals surface area contributed by atoms with Gasteiger partial charge in [0, 0.05) is 19.6 Å². The lowest BCUT2D eigenvalue weighted by Gasteiger charge is -2.35. The van der Waals surface area contributed by atoms with E-state index in [1.54, 1.807) is 11.8 Å². The van der Waals surface area contributed by atoms with Gasteiger partial charge in [0.2, 0.25) is 0 Å². The lowest BCUT2D eigenvalue weighted by molar-refractivity contribution is -0.150. The van der Waals surface area contributed by atoms with E-state index < -0.39 is 5.60 Å². The SMILES string of the molecule is CCOC(=O)C(CN)C1CCN(C(=O)OC(C)(C)C)CC1. The number of ether oxygens (including phenoxy) is 2. The molecule has 6 heteroatoms. The van der Waals surface area contributed by atoms with Gasteiger partial charge in [-0.3, -0.25) is 4.79 Å². The van der Waals surface area contributed by atoms with Gasteiger partial charge in [0.05, 0.1) is 12.5 Å².